The largest absolute Gasteiger partial charge is 0.385 e. The number of aryl methyl sites for hydroxylation is 1. The molecule has 0 unspecified atom stereocenters. The Kier molecular flexibility index (Phi) is 4.36. The van der Waals surface area contributed by atoms with Crippen molar-refractivity contribution in [2.24, 2.45) is 5.41 Å². The van der Waals surface area contributed by atoms with Crippen molar-refractivity contribution in [3.63, 3.8) is 0 Å². The first kappa shape index (κ1) is 13.5. The maximum Gasteiger partial charge on any atom is 0.126 e. The Labute approximate surface area is 109 Å². The fraction of sp³-hybridized carbons (Fsp3) is 0.600. The Morgan fingerprint density at radius 1 is 1.39 bits per heavy atom. The monoisotopic (exact) mass is 251 g/mol. The fourth-order valence-electron chi connectivity index (χ4n) is 2.30. The van der Waals surface area contributed by atoms with Crippen LogP contribution in [0.3, 0.4) is 0 Å². The molecule has 1 N–H and O–H groups in total. The molecule has 100 valence electrons. The molecule has 0 saturated heterocycles. The molecular weight excluding hydrogens is 229 g/mol. The molecule has 1 fully saturated rings. The lowest BCUT2D eigenvalue weighted by Crippen LogP contribution is -2.24. The van der Waals surface area contributed by atoms with E-state index in [2.05, 4.69) is 5.32 Å². The molecule has 0 radical (unpaired) electrons. The van der Waals surface area contributed by atoms with E-state index in [1.807, 2.05) is 12.1 Å². The Bertz CT molecular complexity index is 401. The second-order valence-electron chi connectivity index (χ2n) is 5.43. The van der Waals surface area contributed by atoms with E-state index < -0.39 is 0 Å². The molecule has 2 rings (SSSR count). The molecule has 0 heterocycles. The Hall–Kier alpha value is -0.930. The van der Waals surface area contributed by atoms with Gasteiger partial charge >= 0.3 is 0 Å². The minimum absolute atomic E-state index is 0.127. The minimum Gasteiger partial charge on any atom is -0.385 e. The number of rotatable bonds is 7. The topological polar surface area (TPSA) is 21.3 Å². The van der Waals surface area contributed by atoms with Gasteiger partial charge in [0.05, 0.1) is 0 Å². The summed E-state index contributed by atoms with van der Waals surface area (Å²) in [6.45, 7) is 4.50. The molecule has 0 amide bonds. The van der Waals surface area contributed by atoms with Crippen molar-refractivity contribution in [3.05, 3.63) is 35.1 Å². The molecule has 1 aromatic carbocycles. The van der Waals surface area contributed by atoms with E-state index in [9.17, 15) is 4.39 Å². The van der Waals surface area contributed by atoms with E-state index in [1.165, 1.54) is 12.8 Å². The van der Waals surface area contributed by atoms with Crippen LogP contribution in [0.4, 0.5) is 4.39 Å². The van der Waals surface area contributed by atoms with Crippen molar-refractivity contribution in [2.75, 3.05) is 20.3 Å². The standard InChI is InChI=1S/C15H22FNO/c1-12-9-13(3-4-14(12)16)10-17-11-15(5-6-15)7-8-18-2/h3-4,9,17H,5-8,10-11H2,1-2H3. The molecule has 1 saturated carbocycles. The molecule has 0 spiro atoms. The predicted octanol–water partition coefficient (Wildman–Crippen LogP) is 3.04. The molecule has 18 heavy (non-hydrogen) atoms. The van der Waals surface area contributed by atoms with Crippen LogP contribution in [-0.4, -0.2) is 20.3 Å². The third-order valence-electron chi connectivity index (χ3n) is 3.85. The summed E-state index contributed by atoms with van der Waals surface area (Å²) in [7, 11) is 1.75. The van der Waals surface area contributed by atoms with Gasteiger partial charge in [-0.2, -0.15) is 0 Å². The van der Waals surface area contributed by atoms with Crippen LogP contribution >= 0.6 is 0 Å². The summed E-state index contributed by atoms with van der Waals surface area (Å²) in [5, 5.41) is 3.48. The van der Waals surface area contributed by atoms with E-state index in [0.717, 1.165) is 37.2 Å². The van der Waals surface area contributed by atoms with Crippen molar-refractivity contribution in [1.82, 2.24) is 5.32 Å². The maximum absolute atomic E-state index is 13.1. The Balaban J connectivity index is 1.76. The quantitative estimate of drug-likeness (QED) is 0.804. The van der Waals surface area contributed by atoms with Crippen LogP contribution < -0.4 is 5.32 Å². The molecular formula is C15H22FNO. The number of benzene rings is 1. The third kappa shape index (κ3) is 3.53. The highest BCUT2D eigenvalue weighted by Crippen LogP contribution is 2.48. The number of halogens is 1. The van der Waals surface area contributed by atoms with Gasteiger partial charge < -0.3 is 10.1 Å². The first-order valence-corrected chi connectivity index (χ1v) is 6.60. The van der Waals surface area contributed by atoms with Gasteiger partial charge in [-0.25, -0.2) is 4.39 Å². The van der Waals surface area contributed by atoms with Gasteiger partial charge in [0.2, 0.25) is 0 Å². The predicted molar refractivity (Wildman–Crippen MR) is 71.0 cm³/mol. The van der Waals surface area contributed by atoms with Gasteiger partial charge in [0.15, 0.2) is 0 Å². The van der Waals surface area contributed by atoms with Crippen LogP contribution in [-0.2, 0) is 11.3 Å². The number of ether oxygens (including phenoxy) is 1. The second kappa shape index (κ2) is 5.81. The highest BCUT2D eigenvalue weighted by atomic mass is 19.1. The minimum atomic E-state index is -0.127. The molecule has 0 aliphatic heterocycles. The second-order valence-corrected chi connectivity index (χ2v) is 5.43. The van der Waals surface area contributed by atoms with Crippen molar-refractivity contribution < 1.29 is 9.13 Å². The average Bonchev–Trinajstić information content (AvgIpc) is 3.12. The normalized spacial score (nSPS) is 16.8. The first-order chi connectivity index (χ1) is 8.65. The van der Waals surface area contributed by atoms with Crippen LogP contribution in [0, 0.1) is 18.2 Å². The smallest absolute Gasteiger partial charge is 0.126 e. The highest BCUT2D eigenvalue weighted by Gasteiger charge is 2.41. The zero-order valence-corrected chi connectivity index (χ0v) is 11.3. The van der Waals surface area contributed by atoms with Crippen molar-refractivity contribution in [1.29, 1.82) is 0 Å². The van der Waals surface area contributed by atoms with E-state index in [0.29, 0.717) is 5.41 Å². The molecule has 0 bridgehead atoms. The van der Waals surface area contributed by atoms with Gasteiger partial charge in [0.1, 0.15) is 5.82 Å². The summed E-state index contributed by atoms with van der Waals surface area (Å²) >= 11 is 0. The summed E-state index contributed by atoms with van der Waals surface area (Å²) in [6, 6.07) is 5.31. The first-order valence-electron chi connectivity index (χ1n) is 6.60. The molecule has 1 aromatic rings. The zero-order chi connectivity index (χ0) is 13.0. The van der Waals surface area contributed by atoms with Gasteiger partial charge in [-0.1, -0.05) is 12.1 Å². The van der Waals surface area contributed by atoms with Crippen LogP contribution in [0.25, 0.3) is 0 Å². The van der Waals surface area contributed by atoms with Gasteiger partial charge in [-0.15, -0.1) is 0 Å². The molecule has 1 aliphatic carbocycles. The number of hydrogen-bond acceptors (Lipinski definition) is 2. The summed E-state index contributed by atoms with van der Waals surface area (Å²) < 4.78 is 18.3. The van der Waals surface area contributed by atoms with Crippen molar-refractivity contribution >= 4 is 0 Å². The van der Waals surface area contributed by atoms with Crippen LogP contribution in [0.1, 0.15) is 30.4 Å². The molecule has 0 aromatic heterocycles. The van der Waals surface area contributed by atoms with Gasteiger partial charge in [-0.3, -0.25) is 0 Å². The fourth-order valence-corrected chi connectivity index (χ4v) is 2.30. The third-order valence-corrected chi connectivity index (χ3v) is 3.85. The Morgan fingerprint density at radius 2 is 2.17 bits per heavy atom. The van der Waals surface area contributed by atoms with Gasteiger partial charge in [-0.05, 0) is 48.8 Å². The van der Waals surface area contributed by atoms with E-state index >= 15 is 0 Å². The average molecular weight is 251 g/mol. The molecule has 1 aliphatic rings. The summed E-state index contributed by atoms with van der Waals surface area (Å²) in [5.41, 5.74) is 2.33. The summed E-state index contributed by atoms with van der Waals surface area (Å²) in [5.74, 6) is -0.127. The van der Waals surface area contributed by atoms with Crippen molar-refractivity contribution in [2.45, 2.75) is 32.7 Å². The van der Waals surface area contributed by atoms with E-state index in [1.54, 1.807) is 20.1 Å². The molecule has 3 heteroatoms. The van der Waals surface area contributed by atoms with Crippen molar-refractivity contribution in [3.8, 4) is 0 Å². The van der Waals surface area contributed by atoms with E-state index in [-0.39, 0.29) is 5.82 Å². The molecule has 2 nitrogen and oxygen atoms in total. The molecule has 0 atom stereocenters. The van der Waals surface area contributed by atoms with Gasteiger partial charge in [0.25, 0.3) is 0 Å². The number of methoxy groups -OCH3 is 1. The lowest BCUT2D eigenvalue weighted by atomic mass is 10.0. The number of nitrogens with one attached hydrogen (secondary N) is 1. The summed E-state index contributed by atoms with van der Waals surface area (Å²) in [4.78, 5) is 0. The Morgan fingerprint density at radius 3 is 2.78 bits per heavy atom. The van der Waals surface area contributed by atoms with Gasteiger partial charge in [0, 0.05) is 26.8 Å². The lowest BCUT2D eigenvalue weighted by molar-refractivity contribution is 0.171. The maximum atomic E-state index is 13.1. The van der Waals surface area contributed by atoms with Crippen LogP contribution in [0.5, 0.6) is 0 Å². The highest BCUT2D eigenvalue weighted by molar-refractivity contribution is 5.23. The summed E-state index contributed by atoms with van der Waals surface area (Å²) in [6.07, 6.45) is 3.73. The van der Waals surface area contributed by atoms with Crippen LogP contribution in [0.2, 0.25) is 0 Å². The van der Waals surface area contributed by atoms with Crippen LogP contribution in [0.15, 0.2) is 18.2 Å². The zero-order valence-electron chi connectivity index (χ0n) is 11.3. The van der Waals surface area contributed by atoms with E-state index in [4.69, 9.17) is 4.74 Å². The number of hydrogen-bond donors (Lipinski definition) is 1. The lowest BCUT2D eigenvalue weighted by Gasteiger charge is -2.15. The SMILES string of the molecule is COCCC1(CNCc2ccc(F)c(C)c2)CC1.